The summed E-state index contributed by atoms with van der Waals surface area (Å²) in [5, 5.41) is 4.80. The van der Waals surface area contributed by atoms with Gasteiger partial charge in [0.2, 0.25) is 0 Å². The molecule has 0 aliphatic heterocycles. The predicted octanol–water partition coefficient (Wildman–Crippen LogP) is 3.92. The number of pyridine rings is 1. The zero-order valence-electron chi connectivity index (χ0n) is 20.1. The van der Waals surface area contributed by atoms with E-state index in [1.807, 2.05) is 37.2 Å². The lowest BCUT2D eigenvalue weighted by atomic mass is 10.1. The smallest absolute Gasteiger partial charge is 0.253 e. The molecule has 0 unspecified atom stereocenters. The highest BCUT2D eigenvalue weighted by Gasteiger charge is 2.16. The molecule has 0 amide bonds. The first kappa shape index (κ1) is 24.5. The summed E-state index contributed by atoms with van der Waals surface area (Å²) < 4.78 is 10.8. The van der Waals surface area contributed by atoms with Gasteiger partial charge in [0.05, 0.1) is 26.3 Å². The molecule has 2 aromatic carbocycles. The molecule has 1 heterocycles. The average molecular weight is 469 g/mol. The van der Waals surface area contributed by atoms with Crippen molar-refractivity contribution in [3.8, 4) is 11.5 Å². The molecule has 176 valence electrons. The summed E-state index contributed by atoms with van der Waals surface area (Å²) in [6, 6.07) is 11.7. The van der Waals surface area contributed by atoms with Crippen LogP contribution in [0.1, 0.15) is 16.7 Å². The van der Waals surface area contributed by atoms with Gasteiger partial charge in [-0.2, -0.15) is 0 Å². The number of hydrogen-bond acceptors (Lipinski definition) is 5. The number of hydrogen-bond donors (Lipinski definition) is 2. The standard InChI is InChI=1S/C25H32N4O3S/c1-16-7-8-20(17(2)11-16)27-25(33)29(10-9-28(3)4)15-19-12-18-13-22(31-5)23(32-6)14-21(18)26-24(19)30/h7-8,11-14H,9-10,15H2,1-6H3,(H,26,30)(H,27,33). The van der Waals surface area contributed by atoms with Crippen molar-refractivity contribution >= 4 is 33.9 Å². The molecule has 0 fully saturated rings. The molecule has 3 rings (SSSR count). The average Bonchev–Trinajstić information content (AvgIpc) is 2.77. The summed E-state index contributed by atoms with van der Waals surface area (Å²) >= 11 is 5.76. The van der Waals surface area contributed by atoms with Crippen molar-refractivity contribution in [2.45, 2.75) is 20.4 Å². The third-order valence-electron chi connectivity index (χ3n) is 5.51. The number of rotatable bonds is 8. The molecule has 0 radical (unpaired) electrons. The molecule has 0 bridgehead atoms. The van der Waals surface area contributed by atoms with Crippen LogP contribution in [0.3, 0.4) is 0 Å². The number of nitrogens with zero attached hydrogens (tertiary/aromatic N) is 2. The molecule has 0 spiro atoms. The third-order valence-corrected chi connectivity index (χ3v) is 5.87. The van der Waals surface area contributed by atoms with Crippen LogP contribution in [0.15, 0.2) is 41.2 Å². The van der Waals surface area contributed by atoms with Crippen molar-refractivity contribution in [1.29, 1.82) is 0 Å². The van der Waals surface area contributed by atoms with E-state index in [9.17, 15) is 4.79 Å². The van der Waals surface area contributed by atoms with Crippen LogP contribution in [0.4, 0.5) is 5.69 Å². The highest BCUT2D eigenvalue weighted by atomic mass is 32.1. The Bertz CT molecular complexity index is 1210. The van der Waals surface area contributed by atoms with Crippen LogP contribution in [0.5, 0.6) is 11.5 Å². The van der Waals surface area contributed by atoms with Crippen LogP contribution < -0.4 is 20.3 Å². The monoisotopic (exact) mass is 468 g/mol. The summed E-state index contributed by atoms with van der Waals surface area (Å²) in [6.07, 6.45) is 0. The number of ether oxygens (including phenoxy) is 2. The van der Waals surface area contributed by atoms with Crippen molar-refractivity contribution in [2.24, 2.45) is 0 Å². The Morgan fingerprint density at radius 1 is 1.03 bits per heavy atom. The maximum absolute atomic E-state index is 12.9. The SMILES string of the molecule is COc1cc2cc(CN(CCN(C)C)C(=S)Nc3ccc(C)cc3C)c(=O)[nH]c2cc1OC. The second-order valence-corrected chi connectivity index (χ2v) is 8.78. The third kappa shape index (κ3) is 6.03. The van der Waals surface area contributed by atoms with Gasteiger partial charge in [0.15, 0.2) is 16.6 Å². The molecule has 0 atom stereocenters. The Morgan fingerprint density at radius 2 is 1.73 bits per heavy atom. The Hall–Kier alpha value is -3.10. The fraction of sp³-hybridized carbons (Fsp3) is 0.360. The van der Waals surface area contributed by atoms with Gasteiger partial charge < -0.3 is 29.6 Å². The Balaban J connectivity index is 1.92. The van der Waals surface area contributed by atoms with Gasteiger partial charge in [-0.15, -0.1) is 0 Å². The van der Waals surface area contributed by atoms with E-state index in [1.54, 1.807) is 20.3 Å². The first-order chi connectivity index (χ1) is 15.7. The molecular weight excluding hydrogens is 436 g/mol. The van der Waals surface area contributed by atoms with Crippen molar-refractivity contribution in [3.05, 3.63) is 63.4 Å². The van der Waals surface area contributed by atoms with Gasteiger partial charge in [-0.05, 0) is 63.9 Å². The molecule has 0 aliphatic carbocycles. The van der Waals surface area contributed by atoms with Crippen LogP contribution in [0.25, 0.3) is 10.9 Å². The molecule has 0 aliphatic rings. The van der Waals surface area contributed by atoms with Gasteiger partial charge in [0, 0.05) is 35.8 Å². The van der Waals surface area contributed by atoms with E-state index in [0.29, 0.717) is 40.8 Å². The first-order valence-electron chi connectivity index (χ1n) is 10.8. The number of benzene rings is 2. The quantitative estimate of drug-likeness (QED) is 0.486. The van der Waals surface area contributed by atoms with Gasteiger partial charge in [-0.25, -0.2) is 0 Å². The molecule has 2 N–H and O–H groups in total. The maximum atomic E-state index is 12.9. The predicted molar refractivity (Wildman–Crippen MR) is 139 cm³/mol. The van der Waals surface area contributed by atoms with Crippen LogP contribution in [-0.2, 0) is 6.54 Å². The van der Waals surface area contributed by atoms with E-state index < -0.39 is 0 Å². The summed E-state index contributed by atoms with van der Waals surface area (Å²) in [5.74, 6) is 1.18. The number of aromatic nitrogens is 1. The Labute approximate surface area is 200 Å². The van der Waals surface area contributed by atoms with Gasteiger partial charge in [0.1, 0.15) is 0 Å². The molecule has 0 saturated heterocycles. The molecule has 33 heavy (non-hydrogen) atoms. The van der Waals surface area contributed by atoms with Crippen molar-refractivity contribution in [3.63, 3.8) is 0 Å². The summed E-state index contributed by atoms with van der Waals surface area (Å²) in [5.41, 5.74) is 4.44. The molecule has 1 aromatic heterocycles. The lowest BCUT2D eigenvalue weighted by Crippen LogP contribution is -2.40. The van der Waals surface area contributed by atoms with E-state index in [1.165, 1.54) is 5.56 Å². The maximum Gasteiger partial charge on any atom is 0.253 e. The zero-order chi connectivity index (χ0) is 24.1. The normalized spacial score (nSPS) is 11.0. The number of fused-ring (bicyclic) bond motifs is 1. The number of H-pyrrole nitrogens is 1. The number of aryl methyl sites for hydroxylation is 2. The summed E-state index contributed by atoms with van der Waals surface area (Å²) in [4.78, 5) is 20.0. The minimum atomic E-state index is -0.154. The molecule has 8 heteroatoms. The van der Waals surface area contributed by atoms with E-state index in [4.69, 9.17) is 21.7 Å². The van der Waals surface area contributed by atoms with Crippen molar-refractivity contribution in [2.75, 3.05) is 46.7 Å². The fourth-order valence-electron chi connectivity index (χ4n) is 3.62. The number of thiocarbonyl (C=S) groups is 1. The van der Waals surface area contributed by atoms with E-state index in [-0.39, 0.29) is 5.56 Å². The lowest BCUT2D eigenvalue weighted by Gasteiger charge is -2.27. The molecule has 7 nitrogen and oxygen atoms in total. The van der Waals surface area contributed by atoms with Crippen LogP contribution in [0.2, 0.25) is 0 Å². The largest absolute Gasteiger partial charge is 0.493 e. The molecule has 0 saturated carbocycles. The first-order valence-corrected chi connectivity index (χ1v) is 11.2. The van der Waals surface area contributed by atoms with Crippen molar-refractivity contribution in [1.82, 2.24) is 14.8 Å². The number of likely N-dealkylation sites (N-methyl/N-ethyl adjacent to an activating group) is 1. The lowest BCUT2D eigenvalue weighted by molar-refractivity contribution is 0.327. The highest BCUT2D eigenvalue weighted by Crippen LogP contribution is 2.31. The topological polar surface area (TPSA) is 69.8 Å². The van der Waals surface area contributed by atoms with Gasteiger partial charge in [-0.1, -0.05) is 17.7 Å². The second kappa shape index (κ2) is 10.7. The minimum Gasteiger partial charge on any atom is -0.493 e. The number of nitrogens with one attached hydrogen (secondary N) is 2. The second-order valence-electron chi connectivity index (χ2n) is 8.39. The van der Waals surface area contributed by atoms with E-state index >= 15 is 0 Å². The zero-order valence-corrected chi connectivity index (χ0v) is 20.9. The highest BCUT2D eigenvalue weighted by molar-refractivity contribution is 7.80. The minimum absolute atomic E-state index is 0.154. The number of aromatic amines is 1. The van der Waals surface area contributed by atoms with Gasteiger partial charge >= 0.3 is 0 Å². The van der Waals surface area contributed by atoms with Gasteiger partial charge in [-0.3, -0.25) is 4.79 Å². The fourth-order valence-corrected chi connectivity index (χ4v) is 3.89. The summed E-state index contributed by atoms with van der Waals surface area (Å²) in [7, 11) is 7.20. The molecular formula is C25H32N4O3S. The van der Waals surface area contributed by atoms with Gasteiger partial charge in [0.25, 0.3) is 5.56 Å². The Morgan fingerprint density at radius 3 is 2.36 bits per heavy atom. The van der Waals surface area contributed by atoms with E-state index in [2.05, 4.69) is 41.2 Å². The van der Waals surface area contributed by atoms with Crippen LogP contribution in [-0.4, -0.2) is 61.3 Å². The summed E-state index contributed by atoms with van der Waals surface area (Å²) in [6.45, 7) is 5.97. The number of methoxy groups -OCH3 is 2. The molecule has 3 aromatic rings. The van der Waals surface area contributed by atoms with E-state index in [0.717, 1.165) is 23.2 Å². The van der Waals surface area contributed by atoms with Crippen molar-refractivity contribution < 1.29 is 9.47 Å². The van der Waals surface area contributed by atoms with Crippen LogP contribution >= 0.6 is 12.2 Å². The number of anilines is 1. The van der Waals surface area contributed by atoms with Crippen LogP contribution in [0, 0.1) is 13.8 Å². The Kier molecular flexibility index (Phi) is 7.94.